The molecule has 180 valence electrons. The van der Waals surface area contributed by atoms with Crippen molar-refractivity contribution in [3.05, 3.63) is 100 Å². The summed E-state index contributed by atoms with van der Waals surface area (Å²) in [4.78, 5) is 19.7. The number of nitrogens with one attached hydrogen (secondary N) is 1. The smallest absolute Gasteiger partial charge is 0.251 e. The van der Waals surface area contributed by atoms with E-state index in [9.17, 15) is 4.79 Å². The molecule has 0 radical (unpaired) electrons. The van der Waals surface area contributed by atoms with Gasteiger partial charge in [0, 0.05) is 42.7 Å². The second-order valence-corrected chi connectivity index (χ2v) is 9.00. The van der Waals surface area contributed by atoms with Crippen molar-refractivity contribution in [3.63, 3.8) is 0 Å². The second-order valence-electron chi connectivity index (χ2n) is 8.17. The Labute approximate surface area is 210 Å². The van der Waals surface area contributed by atoms with Crippen LogP contribution < -0.4 is 20.7 Å². The molecule has 4 rings (SSSR count). The Kier molecular flexibility index (Phi) is 8.13. The van der Waals surface area contributed by atoms with Gasteiger partial charge in [-0.3, -0.25) is 4.79 Å². The Bertz CT molecular complexity index is 1270. The number of methoxy groups -OCH3 is 1. The van der Waals surface area contributed by atoms with Crippen molar-refractivity contribution in [2.75, 3.05) is 18.6 Å². The summed E-state index contributed by atoms with van der Waals surface area (Å²) in [5.74, 6) is 0.725. The van der Waals surface area contributed by atoms with Gasteiger partial charge in [-0.15, -0.1) is 11.3 Å². The predicted octanol–water partition coefficient (Wildman–Crippen LogP) is 5.23. The maximum Gasteiger partial charge on any atom is 0.251 e. The Morgan fingerprint density at radius 1 is 1.03 bits per heavy atom. The minimum Gasteiger partial charge on any atom is -0.497 e. The van der Waals surface area contributed by atoms with Gasteiger partial charge in [-0.1, -0.05) is 48.5 Å². The van der Waals surface area contributed by atoms with Crippen molar-refractivity contribution in [1.82, 2.24) is 10.3 Å². The third kappa shape index (κ3) is 6.26. The molecule has 0 unspecified atom stereocenters. The molecule has 0 aliphatic heterocycles. The fraction of sp³-hybridized carbons (Fsp3) is 0.214. The number of hydrogen-bond acceptors (Lipinski definition) is 6. The van der Waals surface area contributed by atoms with E-state index in [2.05, 4.69) is 22.5 Å². The highest BCUT2D eigenvalue weighted by molar-refractivity contribution is 7.14. The zero-order chi connectivity index (χ0) is 24.6. The summed E-state index contributed by atoms with van der Waals surface area (Å²) in [6.45, 7) is 4.62. The summed E-state index contributed by atoms with van der Waals surface area (Å²) in [5, 5.41) is 6.02. The van der Waals surface area contributed by atoms with Crippen LogP contribution in [0.4, 0.5) is 5.13 Å². The summed E-state index contributed by atoms with van der Waals surface area (Å²) < 4.78 is 5.34. The summed E-state index contributed by atoms with van der Waals surface area (Å²) in [7, 11) is 1.67. The average molecular weight is 487 g/mol. The third-order valence-corrected chi connectivity index (χ3v) is 6.68. The third-order valence-electron chi connectivity index (χ3n) is 5.78. The maximum absolute atomic E-state index is 12.6. The van der Waals surface area contributed by atoms with Gasteiger partial charge < -0.3 is 20.7 Å². The second kappa shape index (κ2) is 11.6. The predicted molar refractivity (Wildman–Crippen MR) is 143 cm³/mol. The van der Waals surface area contributed by atoms with Crippen LogP contribution in [0.3, 0.4) is 0 Å². The lowest BCUT2D eigenvalue weighted by molar-refractivity contribution is 0.0951. The summed E-state index contributed by atoms with van der Waals surface area (Å²) in [6.07, 6.45) is 0. The monoisotopic (exact) mass is 486 g/mol. The van der Waals surface area contributed by atoms with Gasteiger partial charge >= 0.3 is 0 Å². The van der Waals surface area contributed by atoms with E-state index in [0.717, 1.165) is 51.9 Å². The van der Waals surface area contributed by atoms with Gasteiger partial charge in [0.05, 0.1) is 12.8 Å². The van der Waals surface area contributed by atoms with E-state index in [4.69, 9.17) is 15.5 Å². The standard InChI is InChI=1S/C28H30N4O2S/c1-3-32(28-31-26(19-35-28)24-8-5-9-25(15-24)34-2)18-20-10-12-23(13-11-20)27(33)30-17-22-7-4-6-21(14-22)16-29/h4-15,19H,3,16-18,29H2,1-2H3,(H,30,33). The van der Waals surface area contributed by atoms with Gasteiger partial charge in [0.1, 0.15) is 5.75 Å². The van der Waals surface area contributed by atoms with Gasteiger partial charge in [0.25, 0.3) is 5.91 Å². The van der Waals surface area contributed by atoms with Gasteiger partial charge in [-0.05, 0) is 47.9 Å². The molecule has 0 fully saturated rings. The van der Waals surface area contributed by atoms with Crippen LogP contribution in [-0.4, -0.2) is 24.5 Å². The SMILES string of the molecule is CCN(Cc1ccc(C(=O)NCc2cccc(CN)c2)cc1)c1nc(-c2cccc(OC)c2)cs1. The van der Waals surface area contributed by atoms with E-state index in [1.54, 1.807) is 18.4 Å². The number of benzene rings is 3. The van der Waals surface area contributed by atoms with Crippen molar-refractivity contribution in [2.45, 2.75) is 26.6 Å². The number of amides is 1. The van der Waals surface area contributed by atoms with Crippen LogP contribution in [0.5, 0.6) is 5.75 Å². The van der Waals surface area contributed by atoms with E-state index in [-0.39, 0.29) is 5.91 Å². The van der Waals surface area contributed by atoms with Crippen LogP contribution in [-0.2, 0) is 19.6 Å². The maximum atomic E-state index is 12.6. The molecule has 35 heavy (non-hydrogen) atoms. The van der Waals surface area contributed by atoms with Crippen molar-refractivity contribution >= 4 is 22.4 Å². The highest BCUT2D eigenvalue weighted by Gasteiger charge is 2.13. The fourth-order valence-corrected chi connectivity index (χ4v) is 4.67. The average Bonchev–Trinajstić information content (AvgIpc) is 3.41. The molecule has 0 bridgehead atoms. The Morgan fingerprint density at radius 2 is 1.80 bits per heavy atom. The number of ether oxygens (including phenoxy) is 1. The zero-order valence-corrected chi connectivity index (χ0v) is 20.8. The summed E-state index contributed by atoms with van der Waals surface area (Å²) in [6, 6.07) is 23.6. The van der Waals surface area contributed by atoms with E-state index >= 15 is 0 Å². The van der Waals surface area contributed by atoms with Crippen LogP contribution in [0.25, 0.3) is 11.3 Å². The molecule has 7 heteroatoms. The molecule has 4 aromatic rings. The van der Waals surface area contributed by atoms with E-state index in [1.165, 1.54) is 0 Å². The van der Waals surface area contributed by atoms with Crippen LogP contribution in [0.15, 0.2) is 78.2 Å². The molecule has 0 spiro atoms. The summed E-state index contributed by atoms with van der Waals surface area (Å²) in [5.41, 5.74) is 11.5. The molecule has 6 nitrogen and oxygen atoms in total. The summed E-state index contributed by atoms with van der Waals surface area (Å²) >= 11 is 1.63. The number of carbonyl (C=O) groups excluding carboxylic acids is 1. The first kappa shape index (κ1) is 24.4. The number of thiazole rings is 1. The lowest BCUT2D eigenvalue weighted by Gasteiger charge is -2.20. The topological polar surface area (TPSA) is 80.5 Å². The number of carbonyl (C=O) groups is 1. The van der Waals surface area contributed by atoms with E-state index in [0.29, 0.717) is 18.7 Å². The van der Waals surface area contributed by atoms with Gasteiger partial charge in [-0.25, -0.2) is 4.98 Å². The molecule has 1 heterocycles. The van der Waals surface area contributed by atoms with Crippen LogP contribution in [0.2, 0.25) is 0 Å². The quantitative estimate of drug-likeness (QED) is 0.321. The van der Waals surface area contributed by atoms with Crippen molar-refractivity contribution in [2.24, 2.45) is 5.73 Å². The Balaban J connectivity index is 1.38. The van der Waals surface area contributed by atoms with E-state index in [1.807, 2.05) is 72.8 Å². The van der Waals surface area contributed by atoms with Crippen molar-refractivity contribution in [3.8, 4) is 17.0 Å². The fourth-order valence-electron chi connectivity index (χ4n) is 3.77. The van der Waals surface area contributed by atoms with Crippen molar-refractivity contribution < 1.29 is 9.53 Å². The molecule has 0 aliphatic carbocycles. The molecule has 0 atom stereocenters. The van der Waals surface area contributed by atoms with E-state index < -0.39 is 0 Å². The molecule has 1 aromatic heterocycles. The highest BCUT2D eigenvalue weighted by atomic mass is 32.1. The first-order valence-corrected chi connectivity index (χ1v) is 12.5. The first-order chi connectivity index (χ1) is 17.1. The van der Waals surface area contributed by atoms with Gasteiger partial charge in [0.15, 0.2) is 5.13 Å². The van der Waals surface area contributed by atoms with Crippen LogP contribution >= 0.6 is 11.3 Å². The number of rotatable bonds is 10. The van der Waals surface area contributed by atoms with Gasteiger partial charge in [0.2, 0.25) is 0 Å². The molecule has 1 amide bonds. The number of nitrogens with zero attached hydrogens (tertiary/aromatic N) is 2. The Hall–Kier alpha value is -3.68. The largest absolute Gasteiger partial charge is 0.497 e. The minimum absolute atomic E-state index is 0.0927. The molecule has 0 saturated carbocycles. The first-order valence-electron chi connectivity index (χ1n) is 11.6. The number of hydrogen-bond donors (Lipinski definition) is 2. The molecular formula is C28H30N4O2S. The lowest BCUT2D eigenvalue weighted by Crippen LogP contribution is -2.23. The number of anilines is 1. The van der Waals surface area contributed by atoms with Crippen LogP contribution in [0.1, 0.15) is 34.0 Å². The molecule has 0 aliphatic rings. The van der Waals surface area contributed by atoms with Gasteiger partial charge in [-0.2, -0.15) is 0 Å². The number of aromatic nitrogens is 1. The molecule has 3 N–H and O–H groups in total. The van der Waals surface area contributed by atoms with Crippen molar-refractivity contribution in [1.29, 1.82) is 0 Å². The molecule has 3 aromatic carbocycles. The minimum atomic E-state index is -0.0927. The number of nitrogens with two attached hydrogens (primary N) is 1. The molecular weight excluding hydrogens is 456 g/mol. The molecule has 0 saturated heterocycles. The van der Waals surface area contributed by atoms with Crippen LogP contribution in [0, 0.1) is 0 Å². The zero-order valence-electron chi connectivity index (χ0n) is 20.0. The lowest BCUT2D eigenvalue weighted by atomic mass is 10.1. The normalized spacial score (nSPS) is 10.7. The Morgan fingerprint density at radius 3 is 2.54 bits per heavy atom. The highest BCUT2D eigenvalue weighted by Crippen LogP contribution is 2.30.